The molecule has 28 heavy (non-hydrogen) atoms. The average Bonchev–Trinajstić information content (AvgIpc) is 3.23. The Morgan fingerprint density at radius 1 is 1.04 bits per heavy atom. The number of hydrogen-bond acceptors (Lipinski definition) is 4. The van der Waals surface area contributed by atoms with Gasteiger partial charge in [-0.15, -0.1) is 11.3 Å². The fourth-order valence-corrected chi connectivity index (χ4v) is 4.34. The van der Waals surface area contributed by atoms with E-state index in [1.165, 1.54) is 4.90 Å². The van der Waals surface area contributed by atoms with Gasteiger partial charge in [0.25, 0.3) is 11.8 Å². The molecule has 0 spiro atoms. The Hall–Kier alpha value is -2.99. The van der Waals surface area contributed by atoms with E-state index in [-0.39, 0.29) is 36.7 Å². The molecule has 2 heterocycles. The minimum Gasteiger partial charge on any atom is -0.349 e. The molecule has 0 bridgehead atoms. The van der Waals surface area contributed by atoms with Gasteiger partial charge < -0.3 is 5.32 Å². The zero-order valence-corrected chi connectivity index (χ0v) is 16.3. The summed E-state index contributed by atoms with van der Waals surface area (Å²) >= 11 is 1.60. The van der Waals surface area contributed by atoms with Gasteiger partial charge >= 0.3 is 0 Å². The molecule has 1 aliphatic heterocycles. The maximum Gasteiger partial charge on any atom is 0.261 e. The molecule has 5 nitrogen and oxygen atoms in total. The highest BCUT2D eigenvalue weighted by Crippen LogP contribution is 2.30. The lowest BCUT2D eigenvalue weighted by Crippen LogP contribution is -2.41. The second kappa shape index (κ2) is 7.56. The monoisotopic (exact) mass is 392 g/mol. The van der Waals surface area contributed by atoms with Crippen LogP contribution in [-0.4, -0.2) is 29.2 Å². The van der Waals surface area contributed by atoms with Gasteiger partial charge in [-0.25, -0.2) is 0 Å². The Bertz CT molecular complexity index is 1010. The fourth-order valence-electron chi connectivity index (χ4n) is 3.60. The number of hydrogen-bond donors (Lipinski definition) is 1. The van der Waals surface area contributed by atoms with E-state index in [9.17, 15) is 14.4 Å². The molecular formula is C22H20N2O3S. The molecular weight excluding hydrogens is 372 g/mol. The first-order valence-electron chi connectivity index (χ1n) is 9.27. The first-order valence-corrected chi connectivity index (χ1v) is 10.1. The Balaban J connectivity index is 1.41. The molecule has 0 radical (unpaired) electrons. The van der Waals surface area contributed by atoms with Crippen molar-refractivity contribution >= 4 is 39.8 Å². The van der Waals surface area contributed by atoms with Crippen LogP contribution in [-0.2, 0) is 4.79 Å². The lowest BCUT2D eigenvalue weighted by atomic mass is 9.94. The van der Waals surface area contributed by atoms with Crippen molar-refractivity contribution in [3.63, 3.8) is 0 Å². The molecule has 6 heteroatoms. The van der Waals surface area contributed by atoms with Crippen molar-refractivity contribution in [3.8, 4) is 0 Å². The van der Waals surface area contributed by atoms with Crippen LogP contribution >= 0.6 is 11.3 Å². The minimum atomic E-state index is -0.290. The number of carbonyl (C=O) groups excluding carboxylic acids is 3. The largest absolute Gasteiger partial charge is 0.349 e. The summed E-state index contributed by atoms with van der Waals surface area (Å²) < 4.78 is 0. The summed E-state index contributed by atoms with van der Waals surface area (Å²) in [6, 6.07) is 14.9. The second-order valence-corrected chi connectivity index (χ2v) is 7.86. The number of rotatable bonds is 6. The number of nitrogens with one attached hydrogen (secondary N) is 1. The van der Waals surface area contributed by atoms with Gasteiger partial charge in [-0.2, -0.15) is 0 Å². The molecule has 1 unspecified atom stereocenters. The molecule has 1 atom stereocenters. The Kier molecular flexibility index (Phi) is 4.96. The average molecular weight is 392 g/mol. The molecule has 2 aromatic carbocycles. The van der Waals surface area contributed by atoms with Crippen molar-refractivity contribution < 1.29 is 14.4 Å². The summed E-state index contributed by atoms with van der Waals surface area (Å²) in [5, 5.41) is 6.54. The molecule has 4 rings (SSSR count). The molecule has 1 aromatic heterocycles. The first-order chi connectivity index (χ1) is 13.6. The number of nitrogens with zero attached hydrogens (tertiary/aromatic N) is 1. The molecule has 1 aliphatic rings. The van der Waals surface area contributed by atoms with E-state index in [4.69, 9.17) is 0 Å². The number of amides is 3. The van der Waals surface area contributed by atoms with Gasteiger partial charge in [0.1, 0.15) is 0 Å². The van der Waals surface area contributed by atoms with Gasteiger partial charge in [-0.1, -0.05) is 30.3 Å². The van der Waals surface area contributed by atoms with E-state index >= 15 is 0 Å². The molecule has 142 valence electrons. The Morgan fingerprint density at radius 2 is 1.71 bits per heavy atom. The molecule has 0 fully saturated rings. The van der Waals surface area contributed by atoms with Crippen LogP contribution in [0.15, 0.2) is 53.9 Å². The van der Waals surface area contributed by atoms with Crippen LogP contribution < -0.4 is 5.32 Å². The molecule has 0 aliphatic carbocycles. The molecule has 0 saturated carbocycles. The summed E-state index contributed by atoms with van der Waals surface area (Å²) in [6.45, 7) is 2.17. The van der Waals surface area contributed by atoms with Crippen molar-refractivity contribution in [2.75, 3.05) is 6.54 Å². The maximum absolute atomic E-state index is 12.8. The van der Waals surface area contributed by atoms with Crippen molar-refractivity contribution in [1.82, 2.24) is 10.2 Å². The van der Waals surface area contributed by atoms with Gasteiger partial charge in [0.05, 0.1) is 6.04 Å². The summed E-state index contributed by atoms with van der Waals surface area (Å²) in [6.07, 6.45) is 0.692. The first kappa shape index (κ1) is 18.4. The van der Waals surface area contributed by atoms with E-state index < -0.39 is 0 Å². The fraction of sp³-hybridized carbons (Fsp3) is 0.227. The van der Waals surface area contributed by atoms with E-state index in [0.29, 0.717) is 17.5 Å². The lowest BCUT2D eigenvalue weighted by Gasteiger charge is -2.27. The summed E-state index contributed by atoms with van der Waals surface area (Å²) in [5.74, 6) is -0.663. The summed E-state index contributed by atoms with van der Waals surface area (Å²) in [5.41, 5.74) is 1.09. The summed E-state index contributed by atoms with van der Waals surface area (Å²) in [7, 11) is 0. The quantitative estimate of drug-likeness (QED) is 0.641. The number of imide groups is 1. The minimum absolute atomic E-state index is 0.0461. The normalized spacial score (nSPS) is 14.4. The predicted molar refractivity (Wildman–Crippen MR) is 109 cm³/mol. The van der Waals surface area contributed by atoms with Crippen LogP contribution in [0, 0.1) is 0 Å². The maximum atomic E-state index is 12.8. The molecule has 0 saturated heterocycles. The molecule has 1 N–H and O–H groups in total. The Morgan fingerprint density at radius 3 is 2.32 bits per heavy atom. The van der Waals surface area contributed by atoms with Crippen molar-refractivity contribution in [1.29, 1.82) is 0 Å². The van der Waals surface area contributed by atoms with Gasteiger partial charge in [0.15, 0.2) is 0 Å². The summed E-state index contributed by atoms with van der Waals surface area (Å²) in [4.78, 5) is 40.2. The second-order valence-electron chi connectivity index (χ2n) is 6.88. The SMILES string of the molecule is CC(NC(=O)CCCN1C(=O)c2cccc3cccc(c23)C1=O)c1cccs1. The lowest BCUT2D eigenvalue weighted by molar-refractivity contribution is -0.121. The van der Waals surface area contributed by atoms with Gasteiger partial charge in [-0.05, 0) is 42.3 Å². The van der Waals surface area contributed by atoms with Crippen molar-refractivity contribution in [2.45, 2.75) is 25.8 Å². The van der Waals surface area contributed by atoms with Crippen LogP contribution in [0.3, 0.4) is 0 Å². The van der Waals surface area contributed by atoms with Crippen LogP contribution in [0.5, 0.6) is 0 Å². The van der Waals surface area contributed by atoms with Gasteiger partial charge in [-0.3, -0.25) is 19.3 Å². The van der Waals surface area contributed by atoms with Crippen molar-refractivity contribution in [3.05, 3.63) is 69.9 Å². The smallest absolute Gasteiger partial charge is 0.261 e. The number of carbonyl (C=O) groups is 3. The Labute approximate surface area is 167 Å². The van der Waals surface area contributed by atoms with E-state index in [1.807, 2.05) is 48.7 Å². The van der Waals surface area contributed by atoms with Crippen LogP contribution in [0.4, 0.5) is 0 Å². The van der Waals surface area contributed by atoms with Gasteiger partial charge in [0, 0.05) is 34.4 Å². The third kappa shape index (κ3) is 3.31. The topological polar surface area (TPSA) is 66.5 Å². The van der Waals surface area contributed by atoms with Crippen molar-refractivity contribution in [2.24, 2.45) is 0 Å². The van der Waals surface area contributed by atoms with E-state index in [1.54, 1.807) is 23.5 Å². The van der Waals surface area contributed by atoms with Crippen LogP contribution in [0.25, 0.3) is 10.8 Å². The van der Waals surface area contributed by atoms with Gasteiger partial charge in [0.2, 0.25) is 5.91 Å². The van der Waals surface area contributed by atoms with E-state index in [0.717, 1.165) is 15.6 Å². The number of thiophene rings is 1. The highest BCUT2D eigenvalue weighted by atomic mass is 32.1. The zero-order chi connectivity index (χ0) is 19.7. The van der Waals surface area contributed by atoms with E-state index in [2.05, 4.69) is 5.32 Å². The highest BCUT2D eigenvalue weighted by Gasteiger charge is 2.32. The molecule has 3 aromatic rings. The molecule has 3 amide bonds. The zero-order valence-electron chi connectivity index (χ0n) is 15.5. The highest BCUT2D eigenvalue weighted by molar-refractivity contribution is 7.10. The third-order valence-corrected chi connectivity index (χ3v) is 6.04. The third-order valence-electron chi connectivity index (χ3n) is 4.99. The van der Waals surface area contributed by atoms with Crippen LogP contribution in [0.1, 0.15) is 51.4 Å². The number of benzene rings is 2. The van der Waals surface area contributed by atoms with Crippen LogP contribution in [0.2, 0.25) is 0 Å². The predicted octanol–water partition coefficient (Wildman–Crippen LogP) is 4.15. The standard InChI is InChI=1S/C22H20N2O3S/c1-14(18-10-5-13-28-18)23-19(25)11-4-12-24-21(26)16-8-2-6-15-7-3-9-17(20(15)16)22(24)27/h2-3,5-10,13-14H,4,11-12H2,1H3,(H,23,25).